The van der Waals surface area contributed by atoms with Crippen LogP contribution in [-0.2, 0) is 0 Å². The van der Waals surface area contributed by atoms with Crippen LogP contribution in [0.1, 0.15) is 27.8 Å². The van der Waals surface area contributed by atoms with Crippen molar-refractivity contribution in [2.45, 2.75) is 0 Å². The lowest BCUT2D eigenvalue weighted by atomic mass is 9.92. The Balaban J connectivity index is 0.000000145. The fourth-order valence-corrected chi connectivity index (χ4v) is 16.1. The molecule has 0 amide bonds. The Morgan fingerprint density at radius 3 is 1.36 bits per heavy atom. The van der Waals surface area contributed by atoms with Crippen LogP contribution in [0.15, 0.2) is 276 Å². The number of rotatable bonds is 6. The van der Waals surface area contributed by atoms with Crippen LogP contribution in [0.2, 0.25) is 0 Å². The van der Waals surface area contributed by atoms with Gasteiger partial charge in [-0.25, -0.2) is 14.5 Å². The molecule has 484 valence electrons. The Labute approximate surface area is 602 Å². The third-order valence-corrected chi connectivity index (χ3v) is 20.4. The molecular weight excluding hydrogens is 1310 g/mol. The lowest BCUT2D eigenvalue weighted by Crippen LogP contribution is -2.04. The zero-order valence-corrected chi connectivity index (χ0v) is 55.6. The summed E-state index contributed by atoms with van der Waals surface area (Å²) in [6, 6.07) is 97.9. The average Bonchev–Trinajstić information content (AvgIpc) is 1.52. The van der Waals surface area contributed by atoms with Crippen molar-refractivity contribution in [3.05, 3.63) is 329 Å². The van der Waals surface area contributed by atoms with Gasteiger partial charge in [0.25, 0.3) is 0 Å². The summed E-state index contributed by atoms with van der Waals surface area (Å²) in [4.78, 5) is 11.6. The van der Waals surface area contributed by atoms with Gasteiger partial charge in [0, 0.05) is 87.3 Å². The van der Waals surface area contributed by atoms with Gasteiger partial charge in [-0.3, -0.25) is 0 Å². The minimum absolute atomic E-state index is 0.00276. The molecule has 14 aromatic carbocycles. The van der Waals surface area contributed by atoms with E-state index in [1.54, 1.807) is 36.4 Å². The molecule has 0 aliphatic heterocycles. The zero-order valence-electron chi connectivity index (χ0n) is 55.6. The molecule has 0 radical (unpaired) electrons. The second-order valence-electron chi connectivity index (χ2n) is 25.8. The monoisotopic (exact) mass is 1350 g/mol. The lowest BCUT2D eigenvalue weighted by molar-refractivity contribution is 0.669. The quantitative estimate of drug-likeness (QED) is 0.149. The van der Waals surface area contributed by atoms with E-state index in [0.29, 0.717) is 56.0 Å². The highest BCUT2D eigenvalue weighted by molar-refractivity contribution is 6.28. The van der Waals surface area contributed by atoms with E-state index in [9.17, 15) is 26.3 Å². The summed E-state index contributed by atoms with van der Waals surface area (Å²) in [5.41, 5.74) is 16.3. The number of fused-ring (bicyclic) bond motifs is 20. The van der Waals surface area contributed by atoms with Crippen molar-refractivity contribution < 1.29 is 8.83 Å². The van der Waals surface area contributed by atoms with Crippen LogP contribution in [0.25, 0.3) is 191 Å². The molecule has 14 heteroatoms. The molecule has 0 spiro atoms. The summed E-state index contributed by atoms with van der Waals surface area (Å²) >= 11 is 0. The van der Waals surface area contributed by atoms with Crippen molar-refractivity contribution >= 4 is 148 Å². The molecule has 0 atom stereocenters. The molecule has 106 heavy (non-hydrogen) atoms. The van der Waals surface area contributed by atoms with Crippen LogP contribution in [0, 0.1) is 76.4 Å². The maximum Gasteiger partial charge on any atom is 0.219 e. The first-order valence-electron chi connectivity index (χ1n) is 33.8. The van der Waals surface area contributed by atoms with Crippen molar-refractivity contribution in [2.75, 3.05) is 0 Å². The molecule has 0 saturated heterocycles. The van der Waals surface area contributed by atoms with Gasteiger partial charge in [-0.1, -0.05) is 146 Å². The second-order valence-corrected chi connectivity index (χ2v) is 25.8. The van der Waals surface area contributed by atoms with E-state index in [-0.39, 0.29) is 28.2 Å². The fraction of sp³-hybridized carbons (Fsp3) is 0. The lowest BCUT2D eigenvalue weighted by Gasteiger charge is -2.20. The molecular formula is C92H44N12O2. The van der Waals surface area contributed by atoms with Crippen molar-refractivity contribution in [3.8, 4) is 75.3 Å². The van der Waals surface area contributed by atoms with Crippen LogP contribution in [0.3, 0.4) is 0 Å². The predicted octanol–water partition coefficient (Wildman–Crippen LogP) is 23.9. The smallest absolute Gasteiger partial charge is 0.219 e. The van der Waals surface area contributed by atoms with Gasteiger partial charge in [-0.05, 0) is 138 Å². The Morgan fingerprint density at radius 1 is 0.302 bits per heavy atom. The minimum Gasteiger partial charge on any atom is -0.456 e. The van der Waals surface area contributed by atoms with Crippen LogP contribution in [0.5, 0.6) is 0 Å². The molecule has 0 N–H and O–H groups in total. The molecule has 6 aromatic heterocycles. The molecule has 0 fully saturated rings. The molecule has 6 heterocycles. The largest absolute Gasteiger partial charge is 0.456 e. The van der Waals surface area contributed by atoms with E-state index in [4.69, 9.17) is 28.6 Å². The second kappa shape index (κ2) is 23.7. The highest BCUT2D eigenvalue weighted by atomic mass is 16.3. The SMILES string of the molecule is [C-]#[N+]c1c(C#N)cc(-c2cc(C#N)cc(-n3c4ccccc4c4c5oc6ccccc6c5ccc43)c2)c(-n2c3ccccc3c3ccccc32)c1[N+]#[C-].[C-]#[N+]c1cc(C#N)cc(-c2cc(C#N)cc(-n3c4ccccc4c4c5c(ccc43)oc3ccccc35)c2C#N)c1-n1c2ccccc2c2ccccc21. The highest BCUT2D eigenvalue weighted by Crippen LogP contribution is 2.51. The Bertz CT molecular complexity index is 7610. The molecule has 0 unspecified atom stereocenters. The van der Waals surface area contributed by atoms with E-state index in [1.807, 2.05) is 202 Å². The van der Waals surface area contributed by atoms with Crippen molar-refractivity contribution in [2.24, 2.45) is 0 Å². The molecule has 20 aromatic rings. The van der Waals surface area contributed by atoms with Crippen molar-refractivity contribution in [1.82, 2.24) is 18.3 Å². The Hall–Kier alpha value is -16.2. The molecule has 0 aliphatic rings. The molecule has 0 saturated carbocycles. The topological polar surface area (TPSA) is 178 Å². The van der Waals surface area contributed by atoms with Gasteiger partial charge in [0.15, 0.2) is 0 Å². The first-order chi connectivity index (χ1) is 52.3. The van der Waals surface area contributed by atoms with E-state index in [1.165, 1.54) is 0 Å². The van der Waals surface area contributed by atoms with Gasteiger partial charge in [0.2, 0.25) is 17.1 Å². The van der Waals surface area contributed by atoms with E-state index >= 15 is 0 Å². The van der Waals surface area contributed by atoms with Crippen LogP contribution >= 0.6 is 0 Å². The summed E-state index contributed by atoms with van der Waals surface area (Å²) in [6.07, 6.45) is 0. The number of hydrogen-bond donors (Lipinski definition) is 0. The van der Waals surface area contributed by atoms with Crippen LogP contribution < -0.4 is 0 Å². The molecule has 0 bridgehead atoms. The number of nitrogens with zero attached hydrogens (tertiary/aromatic N) is 12. The Kier molecular flexibility index (Phi) is 13.6. The fourth-order valence-electron chi connectivity index (χ4n) is 16.1. The number of furan rings is 2. The van der Waals surface area contributed by atoms with Gasteiger partial charge in [0.05, 0.1) is 122 Å². The summed E-state index contributed by atoms with van der Waals surface area (Å²) in [6.45, 7) is 24.8. The predicted molar refractivity (Wildman–Crippen MR) is 418 cm³/mol. The summed E-state index contributed by atoms with van der Waals surface area (Å²) in [7, 11) is 0. The Morgan fingerprint density at radius 2 is 0.783 bits per heavy atom. The normalized spacial score (nSPS) is 11.3. The minimum atomic E-state index is -0.00276. The van der Waals surface area contributed by atoms with E-state index in [0.717, 1.165) is 137 Å². The number of para-hydroxylation sites is 8. The van der Waals surface area contributed by atoms with Gasteiger partial charge >= 0.3 is 0 Å². The van der Waals surface area contributed by atoms with E-state index in [2.05, 4.69) is 91.9 Å². The zero-order chi connectivity index (χ0) is 71.6. The van der Waals surface area contributed by atoms with Gasteiger partial charge in [-0.15, -0.1) is 0 Å². The first-order valence-corrected chi connectivity index (χ1v) is 33.8. The molecule has 14 nitrogen and oxygen atoms in total. The number of hydrogen-bond acceptors (Lipinski definition) is 7. The van der Waals surface area contributed by atoms with Crippen molar-refractivity contribution in [3.63, 3.8) is 0 Å². The molecule has 0 aliphatic carbocycles. The summed E-state index contributed by atoms with van der Waals surface area (Å²) in [5.74, 6) is 0. The maximum atomic E-state index is 11.2. The number of aromatic nitrogens is 4. The van der Waals surface area contributed by atoms with Gasteiger partial charge < -0.3 is 27.1 Å². The van der Waals surface area contributed by atoms with Gasteiger partial charge in [0.1, 0.15) is 28.4 Å². The van der Waals surface area contributed by atoms with E-state index < -0.39 is 0 Å². The third kappa shape index (κ3) is 8.82. The van der Waals surface area contributed by atoms with Crippen LogP contribution in [0.4, 0.5) is 17.1 Å². The molecule has 20 rings (SSSR count). The summed E-state index contributed by atoms with van der Waals surface area (Å²) in [5, 5.41) is 64.7. The summed E-state index contributed by atoms with van der Waals surface area (Å²) < 4.78 is 21.0. The maximum absolute atomic E-state index is 11.2. The highest BCUT2D eigenvalue weighted by Gasteiger charge is 2.29. The van der Waals surface area contributed by atoms with Crippen molar-refractivity contribution in [1.29, 1.82) is 26.3 Å². The number of benzene rings is 14. The van der Waals surface area contributed by atoms with Crippen LogP contribution in [-0.4, -0.2) is 18.3 Å². The average molecular weight is 1350 g/mol. The third-order valence-electron chi connectivity index (χ3n) is 20.4. The first kappa shape index (κ1) is 60.9. The van der Waals surface area contributed by atoms with Gasteiger partial charge in [-0.2, -0.15) is 26.3 Å². The standard InChI is InChI=1S/2C46H22N6O/c1-49-43-29(26-48)24-36(45(44(43)50-2)52-37-15-7-3-11-31(37)32-12-4-8-16-38(32)52)28-21-27(25-47)22-30(23-28)51-39-17-9-5-14-35(39)42-40(51)20-19-34-33-13-6-10-18-41(33)53-46(34)42;1-50-36-22-27(24-47)21-34(46(36)52-37-14-6-2-10-29(37)30-11-3-7-15-38(30)52)33-20-28(25-48)23-41(35(33)26-49)51-39-16-8-4-12-31(39)44-40(51)18-19-43-45(44)32-13-5-9-17-42(32)53-43/h3-24H;2-23H. The number of nitriles is 5.